The number of aromatic nitrogens is 2. The second kappa shape index (κ2) is 8.54. The number of hydrogen-bond acceptors (Lipinski definition) is 2. The van der Waals surface area contributed by atoms with Gasteiger partial charge in [-0.3, -0.25) is 9.67 Å². The largest absolute Gasteiger partial charge is 0.356 e. The van der Waals surface area contributed by atoms with Crippen LogP contribution < -0.4 is 10.6 Å². The summed E-state index contributed by atoms with van der Waals surface area (Å²) in [5.74, 6) is 2.57. The van der Waals surface area contributed by atoms with E-state index in [0.29, 0.717) is 6.04 Å². The van der Waals surface area contributed by atoms with E-state index in [2.05, 4.69) is 48.4 Å². The van der Waals surface area contributed by atoms with Crippen molar-refractivity contribution in [1.29, 1.82) is 0 Å². The van der Waals surface area contributed by atoms with Crippen molar-refractivity contribution in [2.45, 2.75) is 65.8 Å². The van der Waals surface area contributed by atoms with Crippen LogP contribution in [0, 0.1) is 25.7 Å². The molecule has 1 heterocycles. The first kappa shape index (κ1) is 18.8. The molecule has 1 aliphatic rings. The van der Waals surface area contributed by atoms with Crippen molar-refractivity contribution in [2.24, 2.45) is 23.9 Å². The van der Waals surface area contributed by atoms with E-state index >= 15 is 0 Å². The van der Waals surface area contributed by atoms with Crippen LogP contribution in [0.5, 0.6) is 0 Å². The molecule has 0 spiro atoms. The van der Waals surface area contributed by atoms with Crippen LogP contribution in [0.25, 0.3) is 0 Å². The maximum Gasteiger partial charge on any atom is 0.191 e. The van der Waals surface area contributed by atoms with Crippen LogP contribution in [0.2, 0.25) is 0 Å². The van der Waals surface area contributed by atoms with Crippen molar-refractivity contribution in [3.63, 3.8) is 0 Å². The summed E-state index contributed by atoms with van der Waals surface area (Å²) in [5, 5.41) is 11.6. The van der Waals surface area contributed by atoms with Gasteiger partial charge in [-0.15, -0.1) is 0 Å². The minimum Gasteiger partial charge on any atom is -0.356 e. The maximum absolute atomic E-state index is 4.51. The van der Waals surface area contributed by atoms with Crippen molar-refractivity contribution < 1.29 is 0 Å². The van der Waals surface area contributed by atoms with Gasteiger partial charge in [0.15, 0.2) is 5.96 Å². The molecule has 136 valence electrons. The molecule has 1 aliphatic carbocycles. The molecule has 0 radical (unpaired) electrons. The highest BCUT2D eigenvalue weighted by Crippen LogP contribution is 2.27. The summed E-state index contributed by atoms with van der Waals surface area (Å²) in [7, 11) is 3.86. The van der Waals surface area contributed by atoms with Crippen molar-refractivity contribution in [2.75, 3.05) is 13.6 Å². The molecule has 1 aromatic rings. The first-order valence-electron chi connectivity index (χ1n) is 9.37. The van der Waals surface area contributed by atoms with Crippen LogP contribution >= 0.6 is 0 Å². The van der Waals surface area contributed by atoms with Crippen LogP contribution in [-0.4, -0.2) is 35.4 Å². The second-order valence-electron chi connectivity index (χ2n) is 7.61. The molecule has 0 saturated heterocycles. The summed E-state index contributed by atoms with van der Waals surface area (Å²) >= 11 is 0. The quantitative estimate of drug-likeness (QED) is 0.643. The van der Waals surface area contributed by atoms with Gasteiger partial charge in [-0.2, -0.15) is 5.10 Å². The summed E-state index contributed by atoms with van der Waals surface area (Å²) in [5.41, 5.74) is 3.72. The number of aliphatic imine (C=N–C) groups is 1. The van der Waals surface area contributed by atoms with Gasteiger partial charge < -0.3 is 10.6 Å². The van der Waals surface area contributed by atoms with E-state index in [0.717, 1.165) is 36.5 Å². The van der Waals surface area contributed by atoms with Crippen molar-refractivity contribution >= 4 is 5.96 Å². The Labute approximate surface area is 147 Å². The lowest BCUT2D eigenvalue weighted by Gasteiger charge is -2.28. The summed E-state index contributed by atoms with van der Waals surface area (Å²) in [6.07, 6.45) is 6.41. The van der Waals surface area contributed by atoms with Crippen LogP contribution in [0.4, 0.5) is 0 Å². The molecule has 1 saturated carbocycles. The van der Waals surface area contributed by atoms with Crippen molar-refractivity contribution in [3.8, 4) is 0 Å². The average Bonchev–Trinajstić information content (AvgIpc) is 2.78. The number of hydrogen-bond donors (Lipinski definition) is 2. The number of guanidine groups is 1. The lowest BCUT2D eigenvalue weighted by molar-refractivity contribution is 0.282. The predicted molar refractivity (Wildman–Crippen MR) is 101 cm³/mol. The number of rotatable bonds is 5. The summed E-state index contributed by atoms with van der Waals surface area (Å²) in [6, 6.07) is 0.322. The molecule has 3 atom stereocenters. The first-order chi connectivity index (χ1) is 11.4. The Hall–Kier alpha value is -1.52. The Morgan fingerprint density at radius 3 is 2.71 bits per heavy atom. The van der Waals surface area contributed by atoms with Gasteiger partial charge in [0.25, 0.3) is 0 Å². The molecule has 1 aromatic heterocycles. The van der Waals surface area contributed by atoms with Gasteiger partial charge in [-0.05, 0) is 57.4 Å². The monoisotopic (exact) mass is 333 g/mol. The standard InChI is InChI=1S/C19H35N5/c1-13-8-7-9-17(10-13)12-21-19(20-5)22-14(2)11-18-15(3)23-24(6)16(18)4/h13-14,17H,7-12H2,1-6H3,(H2,20,21,22). The molecule has 2 N–H and O–H groups in total. The predicted octanol–water partition coefficient (Wildman–Crippen LogP) is 2.96. The highest BCUT2D eigenvalue weighted by Gasteiger charge is 2.19. The van der Waals surface area contributed by atoms with E-state index in [-0.39, 0.29) is 0 Å². The zero-order valence-corrected chi connectivity index (χ0v) is 16.3. The highest BCUT2D eigenvalue weighted by atomic mass is 15.3. The Bertz CT molecular complexity index is 560. The van der Waals surface area contributed by atoms with Gasteiger partial charge in [0.1, 0.15) is 0 Å². The van der Waals surface area contributed by atoms with E-state index in [9.17, 15) is 0 Å². The fourth-order valence-electron chi connectivity index (χ4n) is 3.88. The zero-order valence-electron chi connectivity index (χ0n) is 16.3. The Morgan fingerprint density at radius 2 is 2.12 bits per heavy atom. The molecule has 2 rings (SSSR count). The van der Waals surface area contributed by atoms with Crippen LogP contribution in [0.1, 0.15) is 56.5 Å². The molecule has 0 amide bonds. The highest BCUT2D eigenvalue weighted by molar-refractivity contribution is 5.79. The molecule has 24 heavy (non-hydrogen) atoms. The summed E-state index contributed by atoms with van der Waals surface area (Å²) in [4.78, 5) is 4.40. The zero-order chi connectivity index (χ0) is 17.7. The fourth-order valence-corrected chi connectivity index (χ4v) is 3.88. The Balaban J connectivity index is 1.83. The van der Waals surface area contributed by atoms with Gasteiger partial charge in [0.05, 0.1) is 5.69 Å². The normalized spacial score (nSPS) is 23.2. The minimum atomic E-state index is 0.322. The third-order valence-corrected chi connectivity index (χ3v) is 5.38. The third kappa shape index (κ3) is 4.99. The first-order valence-corrected chi connectivity index (χ1v) is 9.37. The molecular weight excluding hydrogens is 298 g/mol. The van der Waals surface area contributed by atoms with Gasteiger partial charge in [0.2, 0.25) is 0 Å². The van der Waals surface area contributed by atoms with Crippen LogP contribution in [-0.2, 0) is 13.5 Å². The molecule has 0 aliphatic heterocycles. The molecule has 5 heteroatoms. The lowest BCUT2D eigenvalue weighted by atomic mass is 9.82. The number of nitrogens with one attached hydrogen (secondary N) is 2. The second-order valence-corrected chi connectivity index (χ2v) is 7.61. The lowest BCUT2D eigenvalue weighted by Crippen LogP contribution is -2.45. The van der Waals surface area contributed by atoms with E-state index < -0.39 is 0 Å². The Morgan fingerprint density at radius 1 is 1.38 bits per heavy atom. The van der Waals surface area contributed by atoms with Gasteiger partial charge in [-0.25, -0.2) is 0 Å². The van der Waals surface area contributed by atoms with Crippen LogP contribution in [0.15, 0.2) is 4.99 Å². The molecule has 5 nitrogen and oxygen atoms in total. The minimum absolute atomic E-state index is 0.322. The SMILES string of the molecule is CN=C(NCC1CCCC(C)C1)NC(C)Cc1c(C)nn(C)c1C. The van der Waals surface area contributed by atoms with E-state index in [1.165, 1.54) is 36.9 Å². The van der Waals surface area contributed by atoms with Gasteiger partial charge in [-0.1, -0.05) is 19.8 Å². The van der Waals surface area contributed by atoms with Gasteiger partial charge in [0, 0.05) is 32.4 Å². The average molecular weight is 334 g/mol. The Kier molecular flexibility index (Phi) is 6.69. The van der Waals surface area contributed by atoms with E-state index in [1.807, 2.05) is 18.8 Å². The van der Waals surface area contributed by atoms with Gasteiger partial charge >= 0.3 is 0 Å². The van der Waals surface area contributed by atoms with Crippen LogP contribution in [0.3, 0.4) is 0 Å². The fraction of sp³-hybridized carbons (Fsp3) is 0.789. The van der Waals surface area contributed by atoms with E-state index in [1.54, 1.807) is 0 Å². The maximum atomic E-state index is 4.51. The molecule has 0 bridgehead atoms. The number of nitrogens with zero attached hydrogens (tertiary/aromatic N) is 3. The van der Waals surface area contributed by atoms with Crippen molar-refractivity contribution in [3.05, 3.63) is 17.0 Å². The topological polar surface area (TPSA) is 54.2 Å². The molecule has 3 unspecified atom stereocenters. The molecule has 1 fully saturated rings. The molecular formula is C19H35N5. The van der Waals surface area contributed by atoms with Crippen molar-refractivity contribution in [1.82, 2.24) is 20.4 Å². The number of aryl methyl sites for hydroxylation is 2. The smallest absolute Gasteiger partial charge is 0.191 e. The summed E-state index contributed by atoms with van der Waals surface area (Å²) < 4.78 is 1.97. The molecule has 0 aromatic carbocycles. The third-order valence-electron chi connectivity index (χ3n) is 5.38. The van der Waals surface area contributed by atoms with E-state index in [4.69, 9.17) is 0 Å². The summed E-state index contributed by atoms with van der Waals surface area (Å²) in [6.45, 7) is 9.84.